The Balaban J connectivity index is 1.35. The summed E-state index contributed by atoms with van der Waals surface area (Å²) in [4.78, 5) is 0. The van der Waals surface area contributed by atoms with Gasteiger partial charge in [0.25, 0.3) is 0 Å². The molecule has 166 valence electrons. The van der Waals surface area contributed by atoms with E-state index in [1.807, 2.05) is 67.8 Å². The fourth-order valence-electron chi connectivity index (χ4n) is 4.28. The largest absolute Gasteiger partial charge is 0.244 e. The van der Waals surface area contributed by atoms with Gasteiger partial charge < -0.3 is 0 Å². The standard InChI is InChI=1S/C26H22N8/c1-6-23(20-24(7-1)26(33-18-4-14-29-33)34-19-5-15-30-34)21-8-10-22(11-9-21)25(31-16-2-12-27-31)32-17-3-13-28-32/h1-20,25-26H. The van der Waals surface area contributed by atoms with Crippen LogP contribution in [0.1, 0.15) is 23.5 Å². The topological polar surface area (TPSA) is 71.3 Å². The molecule has 0 unspecified atom stereocenters. The highest BCUT2D eigenvalue weighted by atomic mass is 15.4. The Labute approximate surface area is 196 Å². The summed E-state index contributed by atoms with van der Waals surface area (Å²) in [6.45, 7) is 0. The van der Waals surface area contributed by atoms with Gasteiger partial charge in [0.1, 0.15) is 0 Å². The molecular weight excluding hydrogens is 424 g/mol. The summed E-state index contributed by atoms with van der Waals surface area (Å²) in [5.74, 6) is 0. The molecule has 0 radical (unpaired) electrons. The summed E-state index contributed by atoms with van der Waals surface area (Å²) in [6.07, 6.45) is 14.7. The quantitative estimate of drug-likeness (QED) is 0.366. The van der Waals surface area contributed by atoms with E-state index in [1.165, 1.54) is 0 Å². The third-order valence-electron chi connectivity index (χ3n) is 5.83. The van der Waals surface area contributed by atoms with Crippen molar-refractivity contribution in [2.75, 3.05) is 0 Å². The minimum absolute atomic E-state index is 0.144. The summed E-state index contributed by atoms with van der Waals surface area (Å²) < 4.78 is 7.63. The summed E-state index contributed by atoms with van der Waals surface area (Å²) in [5.41, 5.74) is 4.45. The molecule has 0 spiro atoms. The van der Waals surface area contributed by atoms with Crippen LogP contribution in [-0.4, -0.2) is 39.1 Å². The van der Waals surface area contributed by atoms with Crippen molar-refractivity contribution < 1.29 is 0 Å². The Kier molecular flexibility index (Phi) is 5.08. The second kappa shape index (κ2) is 8.67. The van der Waals surface area contributed by atoms with Gasteiger partial charge in [-0.2, -0.15) is 20.4 Å². The minimum atomic E-state index is -0.159. The van der Waals surface area contributed by atoms with Crippen molar-refractivity contribution in [3.8, 4) is 11.1 Å². The third-order valence-corrected chi connectivity index (χ3v) is 5.83. The lowest BCUT2D eigenvalue weighted by molar-refractivity contribution is 0.418. The molecule has 6 rings (SSSR count). The number of rotatable bonds is 7. The van der Waals surface area contributed by atoms with Crippen molar-refractivity contribution >= 4 is 0 Å². The molecule has 8 heteroatoms. The molecule has 0 bridgehead atoms. The first-order chi connectivity index (χ1) is 16.9. The molecule has 4 heterocycles. The summed E-state index contributed by atoms with van der Waals surface area (Å²) >= 11 is 0. The molecule has 0 atom stereocenters. The lowest BCUT2D eigenvalue weighted by atomic mass is 10.00. The van der Waals surface area contributed by atoms with Crippen molar-refractivity contribution in [1.82, 2.24) is 39.1 Å². The van der Waals surface area contributed by atoms with E-state index in [1.54, 1.807) is 24.8 Å². The van der Waals surface area contributed by atoms with E-state index in [9.17, 15) is 0 Å². The first kappa shape index (κ1) is 19.9. The lowest BCUT2D eigenvalue weighted by Crippen LogP contribution is -2.20. The first-order valence-corrected chi connectivity index (χ1v) is 11.0. The predicted molar refractivity (Wildman–Crippen MR) is 128 cm³/mol. The van der Waals surface area contributed by atoms with Crippen molar-refractivity contribution in [3.63, 3.8) is 0 Å². The summed E-state index contributed by atoms with van der Waals surface area (Å²) in [5, 5.41) is 17.8. The molecule has 0 N–H and O–H groups in total. The van der Waals surface area contributed by atoms with Gasteiger partial charge in [0.2, 0.25) is 0 Å². The highest BCUT2D eigenvalue weighted by molar-refractivity contribution is 5.64. The molecule has 0 fully saturated rings. The zero-order chi connectivity index (χ0) is 22.7. The summed E-state index contributed by atoms with van der Waals surface area (Å²) in [7, 11) is 0. The van der Waals surface area contributed by atoms with Crippen LogP contribution in [0.25, 0.3) is 11.1 Å². The fraction of sp³-hybridized carbons (Fsp3) is 0.0769. The van der Waals surface area contributed by atoms with E-state index in [4.69, 9.17) is 0 Å². The summed E-state index contributed by atoms with van der Waals surface area (Å²) in [6, 6.07) is 24.8. The van der Waals surface area contributed by atoms with Crippen molar-refractivity contribution in [2.45, 2.75) is 12.3 Å². The number of aromatic nitrogens is 8. The molecule has 2 aromatic carbocycles. The highest BCUT2D eigenvalue weighted by Gasteiger charge is 2.18. The molecule has 4 aromatic heterocycles. The van der Waals surface area contributed by atoms with Crippen LogP contribution < -0.4 is 0 Å². The van der Waals surface area contributed by atoms with Crippen LogP contribution in [0.3, 0.4) is 0 Å². The Bertz CT molecular complexity index is 1360. The molecule has 8 nitrogen and oxygen atoms in total. The van der Waals surface area contributed by atoms with Gasteiger partial charge in [-0.25, -0.2) is 18.7 Å². The maximum atomic E-state index is 4.47. The van der Waals surface area contributed by atoms with Gasteiger partial charge in [-0.1, -0.05) is 42.5 Å². The Morgan fingerprint density at radius 3 is 1.35 bits per heavy atom. The zero-order valence-electron chi connectivity index (χ0n) is 18.3. The molecule has 0 amide bonds. The number of nitrogens with zero attached hydrogens (tertiary/aromatic N) is 8. The second-order valence-corrected chi connectivity index (χ2v) is 7.94. The third kappa shape index (κ3) is 3.71. The maximum absolute atomic E-state index is 4.47. The van der Waals surface area contributed by atoms with Crippen LogP contribution in [0, 0.1) is 0 Å². The zero-order valence-corrected chi connectivity index (χ0v) is 18.3. The van der Waals surface area contributed by atoms with E-state index in [2.05, 4.69) is 68.9 Å². The first-order valence-electron chi connectivity index (χ1n) is 11.0. The van der Waals surface area contributed by atoms with Gasteiger partial charge in [-0.05, 0) is 52.6 Å². The van der Waals surface area contributed by atoms with Crippen LogP contribution >= 0.6 is 0 Å². The van der Waals surface area contributed by atoms with Crippen molar-refractivity contribution in [3.05, 3.63) is 133 Å². The normalized spacial score (nSPS) is 11.5. The van der Waals surface area contributed by atoms with Crippen molar-refractivity contribution in [2.24, 2.45) is 0 Å². The van der Waals surface area contributed by atoms with Gasteiger partial charge in [0.15, 0.2) is 12.3 Å². The number of hydrogen-bond donors (Lipinski definition) is 0. The van der Waals surface area contributed by atoms with Gasteiger partial charge in [-0.3, -0.25) is 0 Å². The monoisotopic (exact) mass is 446 g/mol. The van der Waals surface area contributed by atoms with Gasteiger partial charge in [0, 0.05) is 49.6 Å². The Hall–Kier alpha value is -4.72. The molecular formula is C26H22N8. The Morgan fingerprint density at radius 1 is 0.441 bits per heavy atom. The number of benzene rings is 2. The van der Waals surface area contributed by atoms with Crippen LogP contribution in [0.4, 0.5) is 0 Å². The van der Waals surface area contributed by atoms with E-state index in [-0.39, 0.29) is 12.3 Å². The van der Waals surface area contributed by atoms with E-state index >= 15 is 0 Å². The molecule has 0 aliphatic carbocycles. The average molecular weight is 447 g/mol. The highest BCUT2D eigenvalue weighted by Crippen LogP contribution is 2.28. The molecule has 0 saturated carbocycles. The second-order valence-electron chi connectivity index (χ2n) is 7.94. The van der Waals surface area contributed by atoms with E-state index < -0.39 is 0 Å². The van der Waals surface area contributed by atoms with E-state index in [0.29, 0.717) is 0 Å². The van der Waals surface area contributed by atoms with Crippen LogP contribution in [0.2, 0.25) is 0 Å². The molecule has 6 aromatic rings. The Morgan fingerprint density at radius 2 is 0.912 bits per heavy atom. The van der Waals surface area contributed by atoms with Crippen LogP contribution in [0.15, 0.2) is 122 Å². The molecule has 34 heavy (non-hydrogen) atoms. The minimum Gasteiger partial charge on any atom is -0.244 e. The van der Waals surface area contributed by atoms with Gasteiger partial charge in [0.05, 0.1) is 0 Å². The smallest absolute Gasteiger partial charge is 0.168 e. The van der Waals surface area contributed by atoms with Crippen LogP contribution in [-0.2, 0) is 0 Å². The van der Waals surface area contributed by atoms with Crippen molar-refractivity contribution in [1.29, 1.82) is 0 Å². The predicted octanol–water partition coefficient (Wildman–Crippen LogP) is 4.33. The van der Waals surface area contributed by atoms with E-state index in [0.717, 1.165) is 22.3 Å². The van der Waals surface area contributed by atoms with Gasteiger partial charge >= 0.3 is 0 Å². The number of hydrogen-bond acceptors (Lipinski definition) is 4. The van der Waals surface area contributed by atoms with Gasteiger partial charge in [-0.15, -0.1) is 0 Å². The molecule has 0 saturated heterocycles. The molecule has 0 aliphatic heterocycles. The fourth-order valence-corrected chi connectivity index (χ4v) is 4.28. The SMILES string of the molecule is c1cc(-c2ccc(C(n3cccn3)n3cccn3)cc2)cc(C(n2cccn2)n2cccn2)c1. The van der Waals surface area contributed by atoms with Crippen LogP contribution in [0.5, 0.6) is 0 Å². The average Bonchev–Trinajstić information content (AvgIpc) is 3.70. The lowest BCUT2D eigenvalue weighted by Gasteiger charge is -2.20. The maximum Gasteiger partial charge on any atom is 0.168 e. The molecule has 0 aliphatic rings.